The van der Waals surface area contributed by atoms with Crippen LogP contribution in [-0.4, -0.2) is 21.4 Å². The van der Waals surface area contributed by atoms with Crippen LogP contribution in [0.1, 0.15) is 19.5 Å². The highest BCUT2D eigenvalue weighted by Gasteiger charge is 2.33. The molecule has 6 nitrogen and oxygen atoms in total. The van der Waals surface area contributed by atoms with Gasteiger partial charge in [-0.15, -0.1) is 0 Å². The molecule has 1 aromatic carbocycles. The van der Waals surface area contributed by atoms with Crippen molar-refractivity contribution in [2.45, 2.75) is 26.1 Å². The van der Waals surface area contributed by atoms with E-state index in [-0.39, 0.29) is 26.6 Å². The number of nitrogens with one attached hydrogen (secondary N) is 1. The van der Waals surface area contributed by atoms with Crippen molar-refractivity contribution >= 4 is 21.7 Å². The fourth-order valence-electron chi connectivity index (χ4n) is 1.93. The molecular weight excluding hydrogens is 428 g/mol. The molecular formula is C15H11BrF4N2O4. The Morgan fingerprint density at radius 2 is 1.88 bits per heavy atom. The predicted octanol–water partition coefficient (Wildman–Crippen LogP) is 2.80. The summed E-state index contributed by atoms with van der Waals surface area (Å²) in [5.74, 6) is -1.48. The molecule has 26 heavy (non-hydrogen) atoms. The average Bonchev–Trinajstić information content (AvgIpc) is 2.49. The molecule has 2 aromatic rings. The van der Waals surface area contributed by atoms with E-state index >= 15 is 0 Å². The van der Waals surface area contributed by atoms with Crippen molar-refractivity contribution in [1.82, 2.24) is 9.55 Å². The first-order valence-corrected chi connectivity index (χ1v) is 7.81. The Morgan fingerprint density at radius 3 is 2.38 bits per heavy atom. The molecule has 0 aliphatic heterocycles. The maximum atomic E-state index is 14.2. The number of rotatable bonds is 4. The van der Waals surface area contributed by atoms with Crippen molar-refractivity contribution in [2.24, 2.45) is 0 Å². The van der Waals surface area contributed by atoms with Gasteiger partial charge in [0.15, 0.2) is 11.9 Å². The number of hydrogen-bond acceptors (Lipinski definition) is 4. The van der Waals surface area contributed by atoms with Gasteiger partial charge in [0, 0.05) is 12.1 Å². The fourth-order valence-corrected chi connectivity index (χ4v) is 2.34. The molecule has 0 saturated carbocycles. The summed E-state index contributed by atoms with van der Waals surface area (Å²) in [5, 5.41) is 0. The Balaban J connectivity index is 2.64. The lowest BCUT2D eigenvalue weighted by Gasteiger charge is -2.15. The Morgan fingerprint density at radius 1 is 1.27 bits per heavy atom. The molecule has 2 rings (SSSR count). The molecule has 0 aliphatic carbocycles. The van der Waals surface area contributed by atoms with Crippen LogP contribution in [0.5, 0.6) is 5.75 Å². The molecule has 1 unspecified atom stereocenters. The number of carbonyl (C=O) groups is 1. The van der Waals surface area contributed by atoms with Gasteiger partial charge < -0.3 is 9.72 Å². The van der Waals surface area contributed by atoms with Gasteiger partial charge in [-0.25, -0.2) is 13.8 Å². The summed E-state index contributed by atoms with van der Waals surface area (Å²) in [6, 6.07) is 1.94. The molecule has 0 bridgehead atoms. The van der Waals surface area contributed by atoms with E-state index < -0.39 is 40.7 Å². The predicted molar refractivity (Wildman–Crippen MR) is 86.1 cm³/mol. The van der Waals surface area contributed by atoms with E-state index in [1.165, 1.54) is 18.8 Å². The van der Waals surface area contributed by atoms with Crippen molar-refractivity contribution in [3.8, 4) is 11.4 Å². The number of benzene rings is 1. The maximum absolute atomic E-state index is 14.2. The van der Waals surface area contributed by atoms with Crippen molar-refractivity contribution in [3.05, 3.63) is 55.0 Å². The van der Waals surface area contributed by atoms with Crippen molar-refractivity contribution in [1.29, 1.82) is 0 Å². The van der Waals surface area contributed by atoms with Crippen LogP contribution < -0.4 is 16.0 Å². The zero-order chi connectivity index (χ0) is 19.8. The second kappa shape index (κ2) is 7.06. The number of carbonyl (C=O) groups excluding carboxylic acids is 1. The van der Waals surface area contributed by atoms with Crippen LogP contribution in [0, 0.1) is 5.82 Å². The summed E-state index contributed by atoms with van der Waals surface area (Å²) >= 11 is 3.01. The average molecular weight is 439 g/mol. The van der Waals surface area contributed by atoms with E-state index in [1.807, 2.05) is 0 Å². The van der Waals surface area contributed by atoms with E-state index in [4.69, 9.17) is 4.74 Å². The lowest BCUT2D eigenvalue weighted by Crippen LogP contribution is -2.36. The normalized spacial score (nSPS) is 12.7. The molecule has 1 aromatic heterocycles. The van der Waals surface area contributed by atoms with Gasteiger partial charge in [0.25, 0.3) is 5.56 Å². The van der Waals surface area contributed by atoms with E-state index in [0.29, 0.717) is 0 Å². The number of hydrogen-bond donors (Lipinski definition) is 1. The van der Waals surface area contributed by atoms with Gasteiger partial charge in [0.1, 0.15) is 17.3 Å². The molecule has 0 spiro atoms. The number of H-pyrrole nitrogens is 1. The monoisotopic (exact) mass is 438 g/mol. The Kier molecular flexibility index (Phi) is 5.40. The minimum Gasteiger partial charge on any atom is -0.482 e. The zero-order valence-corrected chi connectivity index (χ0v) is 14.9. The quantitative estimate of drug-likeness (QED) is 0.744. The molecule has 0 radical (unpaired) electrons. The summed E-state index contributed by atoms with van der Waals surface area (Å²) in [6.45, 7) is 2.68. The lowest BCUT2D eigenvalue weighted by molar-refractivity contribution is -0.141. The highest BCUT2D eigenvalue weighted by atomic mass is 79.9. The van der Waals surface area contributed by atoms with Gasteiger partial charge in [0.05, 0.1) is 10.2 Å². The van der Waals surface area contributed by atoms with Crippen LogP contribution in [0.3, 0.4) is 0 Å². The van der Waals surface area contributed by atoms with E-state index in [2.05, 4.69) is 15.9 Å². The number of ether oxygens (including phenoxy) is 1. The third-order valence-electron chi connectivity index (χ3n) is 3.36. The topological polar surface area (TPSA) is 81.2 Å². The minimum atomic E-state index is -4.94. The van der Waals surface area contributed by atoms with E-state index in [0.717, 1.165) is 12.1 Å². The Labute approximate surface area is 151 Å². The molecule has 0 fully saturated rings. The van der Waals surface area contributed by atoms with Crippen molar-refractivity contribution in [2.75, 3.05) is 0 Å². The second-order valence-electron chi connectivity index (χ2n) is 5.26. The summed E-state index contributed by atoms with van der Waals surface area (Å²) in [6.07, 6.45) is -5.85. The van der Waals surface area contributed by atoms with E-state index in [1.54, 1.807) is 0 Å². The minimum absolute atomic E-state index is 0.0738. The van der Waals surface area contributed by atoms with Crippen LogP contribution in [0.4, 0.5) is 17.6 Å². The van der Waals surface area contributed by atoms with Crippen LogP contribution in [0.25, 0.3) is 5.69 Å². The number of halogens is 5. The van der Waals surface area contributed by atoms with Crippen LogP contribution >= 0.6 is 15.9 Å². The first-order valence-electron chi connectivity index (χ1n) is 7.02. The largest absolute Gasteiger partial charge is 0.482 e. The molecule has 1 heterocycles. The molecule has 140 valence electrons. The highest BCUT2D eigenvalue weighted by molar-refractivity contribution is 9.10. The number of alkyl halides is 3. The SMILES string of the molecule is CC(=O)C(C)Oc1cc(-n2c(=O)cc(C(F)(F)F)[nH]c2=O)c(F)cc1Br. The van der Waals surface area contributed by atoms with Crippen LogP contribution in [0.2, 0.25) is 0 Å². The number of aromatic amines is 1. The molecule has 0 amide bonds. The van der Waals surface area contributed by atoms with Crippen molar-refractivity contribution < 1.29 is 27.1 Å². The zero-order valence-electron chi connectivity index (χ0n) is 13.3. The highest BCUT2D eigenvalue weighted by Crippen LogP contribution is 2.30. The summed E-state index contributed by atoms with van der Waals surface area (Å²) in [5.41, 5.74) is -5.04. The first-order chi connectivity index (χ1) is 11.9. The summed E-state index contributed by atoms with van der Waals surface area (Å²) in [4.78, 5) is 36.7. The van der Waals surface area contributed by atoms with Crippen LogP contribution in [0.15, 0.2) is 32.3 Å². The number of nitrogens with zero attached hydrogens (tertiary/aromatic N) is 1. The van der Waals surface area contributed by atoms with Gasteiger partial charge in [-0.05, 0) is 35.8 Å². The number of ketones is 1. The lowest BCUT2D eigenvalue weighted by atomic mass is 10.2. The first kappa shape index (κ1) is 19.9. The number of Topliss-reactive ketones (excluding diaryl/α,β-unsaturated/α-hetero) is 1. The van der Waals surface area contributed by atoms with Crippen molar-refractivity contribution in [3.63, 3.8) is 0 Å². The van der Waals surface area contributed by atoms with Gasteiger partial charge in [-0.2, -0.15) is 13.2 Å². The fraction of sp³-hybridized carbons (Fsp3) is 0.267. The Hall–Kier alpha value is -2.43. The van der Waals surface area contributed by atoms with Gasteiger partial charge in [-0.1, -0.05) is 0 Å². The standard InChI is InChI=1S/C15H11BrF4N2O4/c1-6(23)7(2)26-11-4-10(9(17)3-8(11)16)22-13(24)5-12(15(18,19)20)21-14(22)25/h3-5,7H,1-2H3,(H,21,25). The van der Waals surface area contributed by atoms with Gasteiger partial charge >= 0.3 is 11.9 Å². The third-order valence-corrected chi connectivity index (χ3v) is 3.98. The van der Waals surface area contributed by atoms with Gasteiger partial charge in [0.2, 0.25) is 0 Å². The Bertz CT molecular complexity index is 950. The van der Waals surface area contributed by atoms with Gasteiger partial charge in [-0.3, -0.25) is 9.59 Å². The second-order valence-corrected chi connectivity index (χ2v) is 6.12. The number of aromatic nitrogens is 2. The molecule has 0 saturated heterocycles. The third kappa shape index (κ3) is 4.03. The maximum Gasteiger partial charge on any atom is 0.431 e. The summed E-state index contributed by atoms with van der Waals surface area (Å²) in [7, 11) is 0. The summed E-state index contributed by atoms with van der Waals surface area (Å²) < 4.78 is 57.8. The van der Waals surface area contributed by atoms with Crippen LogP contribution in [-0.2, 0) is 11.0 Å². The molecule has 1 N–H and O–H groups in total. The smallest absolute Gasteiger partial charge is 0.431 e. The molecule has 0 aliphatic rings. The van der Waals surface area contributed by atoms with E-state index in [9.17, 15) is 31.9 Å². The molecule has 11 heteroatoms. The molecule has 1 atom stereocenters.